The van der Waals surface area contributed by atoms with Crippen molar-refractivity contribution in [1.82, 2.24) is 9.80 Å². The average Bonchev–Trinajstić information content (AvgIpc) is 2.92. The van der Waals surface area contributed by atoms with E-state index in [0.29, 0.717) is 59.7 Å². The molecule has 0 saturated carbocycles. The van der Waals surface area contributed by atoms with Gasteiger partial charge in [-0.25, -0.2) is 0 Å². The van der Waals surface area contributed by atoms with Crippen molar-refractivity contribution in [2.45, 2.75) is 10.7 Å². The molecule has 1 fully saturated rings. The van der Waals surface area contributed by atoms with Crippen molar-refractivity contribution in [2.24, 2.45) is 0 Å². The maximum atomic E-state index is 13.2. The Balaban J connectivity index is 1.31. The van der Waals surface area contributed by atoms with Gasteiger partial charge in [0.15, 0.2) is 6.61 Å². The molecule has 0 aromatic heterocycles. The van der Waals surface area contributed by atoms with Crippen LogP contribution in [0, 0.1) is 0 Å². The molecule has 11 heteroatoms. The number of rotatable bonds is 8. The van der Waals surface area contributed by atoms with E-state index < -0.39 is 11.7 Å². The molecule has 1 heterocycles. The van der Waals surface area contributed by atoms with Crippen molar-refractivity contribution in [3.63, 3.8) is 0 Å². The van der Waals surface area contributed by atoms with Gasteiger partial charge in [0, 0.05) is 46.8 Å². The Morgan fingerprint density at radius 1 is 0.868 bits per heavy atom. The second-order valence-corrected chi connectivity index (χ2v) is 10.3. The lowest BCUT2D eigenvalue weighted by molar-refractivity contribution is -0.118. The van der Waals surface area contributed by atoms with E-state index in [1.165, 1.54) is 24.3 Å². The maximum Gasteiger partial charge on any atom is 0.288 e. The van der Waals surface area contributed by atoms with Crippen LogP contribution in [0.4, 0.5) is 14.5 Å². The minimum atomic E-state index is -2.52. The number of anilines is 1. The molecule has 38 heavy (non-hydrogen) atoms. The van der Waals surface area contributed by atoms with Crippen LogP contribution >= 0.6 is 27.7 Å². The maximum absolute atomic E-state index is 13.2. The van der Waals surface area contributed by atoms with Gasteiger partial charge in [-0.05, 0) is 60.7 Å². The number of halogens is 3. The largest absolute Gasteiger partial charge is 0.483 e. The van der Waals surface area contributed by atoms with Crippen molar-refractivity contribution < 1.29 is 27.9 Å². The van der Waals surface area contributed by atoms with Gasteiger partial charge in [0.2, 0.25) is 0 Å². The molecule has 0 spiro atoms. The molecule has 1 N–H and O–H groups in total. The lowest BCUT2D eigenvalue weighted by Gasteiger charge is -2.35. The summed E-state index contributed by atoms with van der Waals surface area (Å²) in [7, 11) is 0. The number of ether oxygens (including phenoxy) is 1. The van der Waals surface area contributed by atoms with E-state index in [-0.39, 0.29) is 24.2 Å². The van der Waals surface area contributed by atoms with Crippen LogP contribution in [0.1, 0.15) is 20.7 Å². The van der Waals surface area contributed by atoms with E-state index in [2.05, 4.69) is 21.2 Å². The Hall–Kier alpha value is -3.44. The summed E-state index contributed by atoms with van der Waals surface area (Å²) >= 11 is 3.78. The first-order chi connectivity index (χ1) is 18.3. The first-order valence-corrected chi connectivity index (χ1v) is 13.4. The fraction of sp³-hybridized carbons (Fsp3) is 0.222. The normalized spacial score (nSPS) is 13.4. The number of benzene rings is 3. The van der Waals surface area contributed by atoms with Crippen LogP contribution in [0.15, 0.2) is 82.2 Å². The molecule has 0 bridgehead atoms. The van der Waals surface area contributed by atoms with Crippen molar-refractivity contribution in [2.75, 3.05) is 38.1 Å². The summed E-state index contributed by atoms with van der Waals surface area (Å²) in [5, 5.41) is 2.64. The molecule has 4 rings (SSSR count). The van der Waals surface area contributed by atoms with Gasteiger partial charge >= 0.3 is 0 Å². The zero-order valence-corrected chi connectivity index (χ0v) is 22.5. The van der Waals surface area contributed by atoms with Gasteiger partial charge in [0.25, 0.3) is 23.5 Å². The number of hydrogen-bond donors (Lipinski definition) is 1. The second-order valence-electron chi connectivity index (χ2n) is 8.33. The highest BCUT2D eigenvalue weighted by atomic mass is 79.9. The Morgan fingerprint density at radius 3 is 2.11 bits per heavy atom. The van der Waals surface area contributed by atoms with Crippen LogP contribution < -0.4 is 10.1 Å². The van der Waals surface area contributed by atoms with Gasteiger partial charge < -0.3 is 19.9 Å². The minimum Gasteiger partial charge on any atom is -0.483 e. The van der Waals surface area contributed by atoms with Crippen molar-refractivity contribution in [3.8, 4) is 5.75 Å². The number of para-hydroxylation sites is 1. The predicted octanol–water partition coefficient (Wildman–Crippen LogP) is 5.38. The summed E-state index contributed by atoms with van der Waals surface area (Å²) in [4.78, 5) is 42.1. The highest BCUT2D eigenvalue weighted by molar-refractivity contribution is 9.10. The molecule has 0 radical (unpaired) electrons. The molecule has 1 aliphatic heterocycles. The predicted molar refractivity (Wildman–Crippen MR) is 145 cm³/mol. The summed E-state index contributed by atoms with van der Waals surface area (Å²) in [6.07, 6.45) is 0. The Morgan fingerprint density at radius 2 is 1.47 bits per heavy atom. The SMILES string of the molecule is O=C(COc1ccccc1C(=O)N1CCN(C(=O)c2ccc(Br)cc2)CC1)Nc1ccc(SC(F)F)cc1. The van der Waals surface area contributed by atoms with Crippen molar-refractivity contribution >= 4 is 51.1 Å². The number of amides is 3. The van der Waals surface area contributed by atoms with Crippen LogP contribution in [-0.4, -0.2) is 66.1 Å². The summed E-state index contributed by atoms with van der Waals surface area (Å²) in [5.74, 6) is -3.04. The van der Waals surface area contributed by atoms with Crippen LogP contribution in [0.5, 0.6) is 5.75 Å². The quantitative estimate of drug-likeness (QED) is 0.350. The van der Waals surface area contributed by atoms with E-state index in [1.54, 1.807) is 46.2 Å². The van der Waals surface area contributed by atoms with Gasteiger partial charge in [-0.1, -0.05) is 39.8 Å². The molecule has 3 amide bonds. The number of carbonyl (C=O) groups excluding carboxylic acids is 3. The average molecular weight is 604 g/mol. The highest BCUT2D eigenvalue weighted by Crippen LogP contribution is 2.26. The van der Waals surface area contributed by atoms with Gasteiger partial charge in [0.1, 0.15) is 5.75 Å². The zero-order chi connectivity index (χ0) is 27.1. The number of nitrogens with zero attached hydrogens (tertiary/aromatic N) is 2. The summed E-state index contributed by atoms with van der Waals surface area (Å²) in [6.45, 7) is 1.21. The Bertz CT molecular complexity index is 1280. The topological polar surface area (TPSA) is 79.0 Å². The minimum absolute atomic E-state index is 0.0817. The summed E-state index contributed by atoms with van der Waals surface area (Å²) < 4.78 is 31.5. The third-order valence-electron chi connectivity index (χ3n) is 5.78. The molecule has 1 aliphatic rings. The molecule has 3 aromatic rings. The second kappa shape index (κ2) is 12.9. The lowest BCUT2D eigenvalue weighted by atomic mass is 10.1. The first-order valence-electron chi connectivity index (χ1n) is 11.7. The first kappa shape index (κ1) is 27.6. The molecular formula is C27H24BrF2N3O4S. The van der Waals surface area contributed by atoms with E-state index in [0.717, 1.165) is 4.47 Å². The summed E-state index contributed by atoms with van der Waals surface area (Å²) in [5.41, 5.74) is 1.35. The van der Waals surface area contributed by atoms with Crippen LogP contribution in [0.2, 0.25) is 0 Å². The van der Waals surface area contributed by atoms with Gasteiger partial charge in [-0.15, -0.1) is 0 Å². The lowest BCUT2D eigenvalue weighted by Crippen LogP contribution is -2.50. The van der Waals surface area contributed by atoms with Gasteiger partial charge in [-0.2, -0.15) is 8.78 Å². The highest BCUT2D eigenvalue weighted by Gasteiger charge is 2.27. The van der Waals surface area contributed by atoms with E-state index in [9.17, 15) is 23.2 Å². The van der Waals surface area contributed by atoms with Gasteiger partial charge in [0.05, 0.1) is 5.56 Å². The van der Waals surface area contributed by atoms with Crippen LogP contribution in [0.3, 0.4) is 0 Å². The number of carbonyl (C=O) groups is 3. The number of alkyl halides is 2. The molecule has 0 atom stereocenters. The van der Waals surface area contributed by atoms with Crippen LogP contribution in [0.25, 0.3) is 0 Å². The Kier molecular flexibility index (Phi) is 9.35. The number of hydrogen-bond acceptors (Lipinski definition) is 5. The fourth-order valence-electron chi connectivity index (χ4n) is 3.89. The van der Waals surface area contributed by atoms with Crippen molar-refractivity contribution in [3.05, 3.63) is 88.4 Å². The number of piperazine rings is 1. The molecule has 3 aromatic carbocycles. The standard InChI is InChI=1S/C27H24BrF2N3O4S/c28-19-7-5-18(6-8-19)25(35)32-13-15-33(16-14-32)26(36)22-3-1-2-4-23(22)37-17-24(34)31-20-9-11-21(12-10-20)38-27(29)30/h1-12,27H,13-17H2,(H,31,34). The van der Waals surface area contributed by atoms with Crippen LogP contribution in [-0.2, 0) is 4.79 Å². The van der Waals surface area contributed by atoms with E-state index in [4.69, 9.17) is 4.74 Å². The third kappa shape index (κ3) is 7.32. The monoisotopic (exact) mass is 603 g/mol. The third-order valence-corrected chi connectivity index (χ3v) is 7.04. The number of thioether (sulfide) groups is 1. The summed E-state index contributed by atoms with van der Waals surface area (Å²) in [6, 6.07) is 19.9. The smallest absolute Gasteiger partial charge is 0.288 e. The van der Waals surface area contributed by atoms with Crippen molar-refractivity contribution in [1.29, 1.82) is 0 Å². The van der Waals surface area contributed by atoms with E-state index in [1.807, 2.05) is 12.1 Å². The Labute approximate surface area is 231 Å². The molecule has 0 unspecified atom stereocenters. The molecule has 0 aliphatic carbocycles. The molecule has 1 saturated heterocycles. The fourth-order valence-corrected chi connectivity index (χ4v) is 4.65. The molecule has 7 nitrogen and oxygen atoms in total. The molecular weight excluding hydrogens is 580 g/mol. The van der Waals surface area contributed by atoms with Gasteiger partial charge in [-0.3, -0.25) is 14.4 Å². The van der Waals surface area contributed by atoms with E-state index >= 15 is 0 Å². The number of nitrogens with one attached hydrogen (secondary N) is 1. The molecule has 198 valence electrons. The zero-order valence-electron chi connectivity index (χ0n) is 20.1.